The van der Waals surface area contributed by atoms with E-state index in [4.69, 9.17) is 0 Å². The maximum absolute atomic E-state index is 11.3. The van der Waals surface area contributed by atoms with Gasteiger partial charge in [-0.25, -0.2) is 18.4 Å². The molecular weight excluding hydrogens is 262 g/mol. The molecule has 0 bridgehead atoms. The van der Waals surface area contributed by atoms with Crippen LogP contribution in [0.1, 0.15) is 30.4 Å². The minimum Gasteiger partial charge on any atom is -0.317 e. The Morgan fingerprint density at radius 3 is 2.95 bits per heavy atom. The lowest BCUT2D eigenvalue weighted by atomic mass is 9.87. The van der Waals surface area contributed by atoms with E-state index in [1.807, 2.05) is 0 Å². The summed E-state index contributed by atoms with van der Waals surface area (Å²) in [7, 11) is -3.06. The van der Waals surface area contributed by atoms with E-state index in [2.05, 4.69) is 22.2 Å². The smallest absolute Gasteiger partial charge is 0.154 e. The third kappa shape index (κ3) is 4.24. The van der Waals surface area contributed by atoms with Gasteiger partial charge in [-0.1, -0.05) is 6.92 Å². The van der Waals surface area contributed by atoms with Gasteiger partial charge in [-0.15, -0.1) is 0 Å². The lowest BCUT2D eigenvalue weighted by Gasteiger charge is -2.24. The third-order valence-corrected chi connectivity index (χ3v) is 4.16. The molecule has 0 spiro atoms. The van der Waals surface area contributed by atoms with Gasteiger partial charge in [0.15, 0.2) is 9.84 Å². The second-order valence-corrected chi connectivity index (χ2v) is 7.38. The van der Waals surface area contributed by atoms with Gasteiger partial charge in [0.1, 0.15) is 11.6 Å². The molecule has 106 valence electrons. The van der Waals surface area contributed by atoms with Crippen LogP contribution in [0.3, 0.4) is 0 Å². The number of nitrogens with zero attached hydrogens (tertiary/aromatic N) is 2. The molecule has 1 heterocycles. The molecule has 0 amide bonds. The van der Waals surface area contributed by atoms with E-state index < -0.39 is 9.84 Å². The summed E-state index contributed by atoms with van der Waals surface area (Å²) in [5.41, 5.74) is 2.20. The van der Waals surface area contributed by atoms with Crippen molar-refractivity contribution in [3.8, 4) is 0 Å². The van der Waals surface area contributed by atoms with Gasteiger partial charge < -0.3 is 5.32 Å². The zero-order chi connectivity index (χ0) is 13.9. The van der Waals surface area contributed by atoms with Gasteiger partial charge in [-0.05, 0) is 43.8 Å². The maximum atomic E-state index is 11.3. The van der Waals surface area contributed by atoms with E-state index >= 15 is 0 Å². The minimum absolute atomic E-state index is 0.0684. The highest BCUT2D eigenvalue weighted by molar-refractivity contribution is 7.89. The van der Waals surface area contributed by atoms with Crippen LogP contribution >= 0.6 is 0 Å². The van der Waals surface area contributed by atoms with Crippen molar-refractivity contribution >= 4 is 9.84 Å². The average Bonchev–Trinajstić information content (AvgIpc) is 2.34. The van der Waals surface area contributed by atoms with Crippen molar-refractivity contribution < 1.29 is 8.42 Å². The lowest BCUT2D eigenvalue weighted by Crippen LogP contribution is -2.28. The Hall–Kier alpha value is -1.01. The van der Waals surface area contributed by atoms with E-state index in [1.165, 1.54) is 11.8 Å². The molecule has 1 aliphatic carbocycles. The van der Waals surface area contributed by atoms with Crippen molar-refractivity contribution in [1.29, 1.82) is 0 Å². The largest absolute Gasteiger partial charge is 0.317 e. The third-order valence-electron chi connectivity index (χ3n) is 3.38. The molecule has 5 nitrogen and oxygen atoms in total. The Morgan fingerprint density at radius 1 is 1.47 bits per heavy atom. The summed E-state index contributed by atoms with van der Waals surface area (Å²) >= 11 is 0. The maximum Gasteiger partial charge on any atom is 0.154 e. The molecule has 0 saturated carbocycles. The molecule has 0 saturated heterocycles. The quantitative estimate of drug-likeness (QED) is 0.863. The standard InChI is InChI=1S/C13H21N3O2S/c1-3-14-7-10-4-5-12-11(6-10)8-15-13(16-12)9-19(2,17)18/h8,10,14H,3-7,9H2,1-2H3. The number of hydrogen-bond acceptors (Lipinski definition) is 5. The van der Waals surface area contributed by atoms with Crippen molar-refractivity contribution in [3.05, 3.63) is 23.3 Å². The SMILES string of the molecule is CCNCC1CCc2nc(CS(C)(=O)=O)ncc2C1. The Bertz CT molecular complexity index is 543. The normalized spacial score (nSPS) is 19.2. The molecular formula is C13H21N3O2S. The lowest BCUT2D eigenvalue weighted by molar-refractivity contribution is 0.424. The molecule has 6 heteroatoms. The number of sulfone groups is 1. The predicted molar refractivity (Wildman–Crippen MR) is 74.6 cm³/mol. The zero-order valence-corrected chi connectivity index (χ0v) is 12.3. The first-order chi connectivity index (χ1) is 8.98. The monoisotopic (exact) mass is 283 g/mol. The number of aromatic nitrogens is 2. The van der Waals surface area contributed by atoms with Crippen LogP contribution in [0.4, 0.5) is 0 Å². The molecule has 1 unspecified atom stereocenters. The minimum atomic E-state index is -3.06. The fraction of sp³-hybridized carbons (Fsp3) is 0.692. The number of hydrogen-bond donors (Lipinski definition) is 1. The number of fused-ring (bicyclic) bond motifs is 1. The van der Waals surface area contributed by atoms with Gasteiger partial charge >= 0.3 is 0 Å². The highest BCUT2D eigenvalue weighted by atomic mass is 32.2. The predicted octanol–water partition coefficient (Wildman–Crippen LogP) is 0.736. The molecule has 0 aliphatic heterocycles. The first-order valence-electron chi connectivity index (χ1n) is 6.70. The van der Waals surface area contributed by atoms with E-state index in [1.54, 1.807) is 6.20 Å². The van der Waals surface area contributed by atoms with Crippen molar-refractivity contribution in [1.82, 2.24) is 15.3 Å². The van der Waals surface area contributed by atoms with Crippen molar-refractivity contribution in [2.75, 3.05) is 19.3 Å². The average molecular weight is 283 g/mol. The summed E-state index contributed by atoms with van der Waals surface area (Å²) in [6.07, 6.45) is 6.03. The second-order valence-electron chi connectivity index (χ2n) is 5.24. The van der Waals surface area contributed by atoms with Gasteiger partial charge in [0.2, 0.25) is 0 Å². The van der Waals surface area contributed by atoms with E-state index in [0.717, 1.165) is 38.0 Å². The fourth-order valence-corrected chi connectivity index (χ4v) is 3.06. The molecule has 0 aromatic carbocycles. The molecule has 0 fully saturated rings. The van der Waals surface area contributed by atoms with Crippen LogP contribution in [0.2, 0.25) is 0 Å². The summed E-state index contributed by atoms with van der Waals surface area (Å²) in [4.78, 5) is 8.58. The first kappa shape index (κ1) is 14.4. The highest BCUT2D eigenvalue weighted by Crippen LogP contribution is 2.23. The van der Waals surface area contributed by atoms with Gasteiger partial charge in [0, 0.05) is 18.1 Å². The second kappa shape index (κ2) is 5.96. The van der Waals surface area contributed by atoms with Crippen LogP contribution in [0, 0.1) is 5.92 Å². The zero-order valence-electron chi connectivity index (χ0n) is 11.5. The summed E-state index contributed by atoms with van der Waals surface area (Å²) < 4.78 is 22.5. The fourth-order valence-electron chi connectivity index (χ4n) is 2.45. The number of rotatable bonds is 5. The Kier molecular flexibility index (Phi) is 4.52. The molecule has 1 aromatic heterocycles. The summed E-state index contributed by atoms with van der Waals surface area (Å²) in [6, 6.07) is 0. The van der Waals surface area contributed by atoms with Crippen molar-refractivity contribution in [3.63, 3.8) is 0 Å². The molecule has 0 radical (unpaired) electrons. The van der Waals surface area contributed by atoms with Gasteiger partial charge in [0.05, 0.1) is 0 Å². The van der Waals surface area contributed by atoms with Crippen molar-refractivity contribution in [2.24, 2.45) is 5.92 Å². The van der Waals surface area contributed by atoms with Gasteiger partial charge in [-0.2, -0.15) is 0 Å². The van der Waals surface area contributed by atoms with Crippen LogP contribution in [0.5, 0.6) is 0 Å². The van der Waals surface area contributed by atoms with E-state index in [9.17, 15) is 8.42 Å². The van der Waals surface area contributed by atoms with E-state index in [-0.39, 0.29) is 5.75 Å². The molecule has 1 atom stereocenters. The van der Waals surface area contributed by atoms with Crippen LogP contribution in [0.15, 0.2) is 6.20 Å². The topological polar surface area (TPSA) is 72.0 Å². The van der Waals surface area contributed by atoms with Gasteiger partial charge in [-0.3, -0.25) is 0 Å². The first-order valence-corrected chi connectivity index (χ1v) is 8.76. The Labute approximate surface area is 114 Å². The van der Waals surface area contributed by atoms with Crippen LogP contribution < -0.4 is 5.32 Å². The van der Waals surface area contributed by atoms with E-state index in [0.29, 0.717) is 11.7 Å². The highest BCUT2D eigenvalue weighted by Gasteiger charge is 2.20. The Morgan fingerprint density at radius 2 is 2.26 bits per heavy atom. The van der Waals surface area contributed by atoms with Crippen LogP contribution in [-0.4, -0.2) is 37.7 Å². The number of aryl methyl sites for hydroxylation is 1. The molecule has 1 aliphatic rings. The molecule has 1 aromatic rings. The molecule has 2 rings (SSSR count). The summed E-state index contributed by atoms with van der Waals surface area (Å²) in [6.45, 7) is 4.13. The summed E-state index contributed by atoms with van der Waals surface area (Å²) in [5, 5.41) is 3.37. The van der Waals surface area contributed by atoms with Crippen LogP contribution in [-0.2, 0) is 28.4 Å². The van der Waals surface area contributed by atoms with Crippen molar-refractivity contribution in [2.45, 2.75) is 31.9 Å². The summed E-state index contributed by atoms with van der Waals surface area (Å²) in [5.74, 6) is 0.990. The molecule has 1 N–H and O–H groups in total. The van der Waals surface area contributed by atoms with Gasteiger partial charge in [0.25, 0.3) is 0 Å². The molecule has 19 heavy (non-hydrogen) atoms. The number of nitrogens with one attached hydrogen (secondary N) is 1. The Balaban J connectivity index is 2.07. The van der Waals surface area contributed by atoms with Crippen LogP contribution in [0.25, 0.3) is 0 Å².